The Kier molecular flexibility index (Phi) is 6.14. The van der Waals surface area contributed by atoms with Crippen LogP contribution in [0.2, 0.25) is 0 Å². The molecule has 0 aliphatic rings. The SMILES string of the molecule is CCn1c(=O)c2ccccc2n(CC(=O)Nc2ccc(OC)c(OC(F)F)c2)c1=O. The van der Waals surface area contributed by atoms with Gasteiger partial charge in [0.15, 0.2) is 11.5 Å². The van der Waals surface area contributed by atoms with E-state index in [0.29, 0.717) is 10.9 Å². The Balaban J connectivity index is 1.93. The molecule has 0 spiro atoms. The van der Waals surface area contributed by atoms with Crippen LogP contribution in [0.25, 0.3) is 10.9 Å². The van der Waals surface area contributed by atoms with E-state index >= 15 is 0 Å². The van der Waals surface area contributed by atoms with Crippen LogP contribution in [0.4, 0.5) is 14.5 Å². The van der Waals surface area contributed by atoms with Gasteiger partial charge < -0.3 is 14.8 Å². The summed E-state index contributed by atoms with van der Waals surface area (Å²) >= 11 is 0. The predicted molar refractivity (Wildman–Crippen MR) is 106 cm³/mol. The van der Waals surface area contributed by atoms with Gasteiger partial charge in [-0.2, -0.15) is 8.78 Å². The van der Waals surface area contributed by atoms with Crippen LogP contribution in [0.15, 0.2) is 52.1 Å². The molecule has 3 aromatic rings. The lowest BCUT2D eigenvalue weighted by molar-refractivity contribution is -0.116. The number of rotatable bonds is 7. The van der Waals surface area contributed by atoms with Crippen molar-refractivity contribution in [1.29, 1.82) is 0 Å². The zero-order valence-corrected chi connectivity index (χ0v) is 16.2. The van der Waals surface area contributed by atoms with E-state index in [1.54, 1.807) is 31.2 Å². The van der Waals surface area contributed by atoms with Crippen molar-refractivity contribution in [2.45, 2.75) is 26.6 Å². The maximum Gasteiger partial charge on any atom is 0.387 e. The largest absolute Gasteiger partial charge is 0.493 e. The summed E-state index contributed by atoms with van der Waals surface area (Å²) in [6.45, 7) is -1.64. The summed E-state index contributed by atoms with van der Waals surface area (Å²) in [6, 6.07) is 10.5. The Morgan fingerprint density at radius 3 is 2.50 bits per heavy atom. The molecule has 0 aliphatic heterocycles. The van der Waals surface area contributed by atoms with E-state index in [4.69, 9.17) is 4.74 Å². The molecule has 158 valence electrons. The molecule has 1 aromatic heterocycles. The molecule has 0 fully saturated rings. The third-order valence-corrected chi connectivity index (χ3v) is 4.41. The first-order valence-corrected chi connectivity index (χ1v) is 9.00. The summed E-state index contributed by atoms with van der Waals surface area (Å²) in [5.41, 5.74) is -0.548. The number of halogens is 2. The first-order valence-electron chi connectivity index (χ1n) is 9.00. The van der Waals surface area contributed by atoms with Crippen LogP contribution in [-0.4, -0.2) is 28.8 Å². The predicted octanol–water partition coefficient (Wildman–Crippen LogP) is 2.43. The Hall–Kier alpha value is -3.69. The van der Waals surface area contributed by atoms with Gasteiger partial charge in [0.25, 0.3) is 5.56 Å². The summed E-state index contributed by atoms with van der Waals surface area (Å²) in [6.07, 6.45) is 0. The summed E-state index contributed by atoms with van der Waals surface area (Å²) in [4.78, 5) is 37.7. The highest BCUT2D eigenvalue weighted by atomic mass is 19.3. The summed E-state index contributed by atoms with van der Waals surface area (Å²) < 4.78 is 36.7. The Labute approximate surface area is 169 Å². The number of anilines is 1. The number of methoxy groups -OCH3 is 1. The van der Waals surface area contributed by atoms with Gasteiger partial charge in [-0.05, 0) is 31.2 Å². The van der Waals surface area contributed by atoms with Gasteiger partial charge >= 0.3 is 12.3 Å². The van der Waals surface area contributed by atoms with Crippen molar-refractivity contribution in [1.82, 2.24) is 9.13 Å². The second kappa shape index (κ2) is 8.76. The van der Waals surface area contributed by atoms with E-state index in [9.17, 15) is 23.2 Å². The molecule has 0 bridgehead atoms. The first kappa shape index (κ1) is 21.0. The number of aromatic nitrogens is 2. The summed E-state index contributed by atoms with van der Waals surface area (Å²) in [7, 11) is 1.30. The minimum absolute atomic E-state index is 0.0746. The molecule has 0 atom stereocenters. The topological polar surface area (TPSA) is 91.6 Å². The van der Waals surface area contributed by atoms with Gasteiger partial charge in [0, 0.05) is 18.3 Å². The summed E-state index contributed by atoms with van der Waals surface area (Å²) in [5.74, 6) is -0.755. The van der Waals surface area contributed by atoms with Crippen LogP contribution >= 0.6 is 0 Å². The number of ether oxygens (including phenoxy) is 2. The highest BCUT2D eigenvalue weighted by Gasteiger charge is 2.16. The zero-order valence-electron chi connectivity index (χ0n) is 16.2. The van der Waals surface area contributed by atoms with Gasteiger partial charge in [-0.25, -0.2) is 4.79 Å². The fourth-order valence-corrected chi connectivity index (χ4v) is 3.09. The lowest BCUT2D eigenvalue weighted by Gasteiger charge is -2.14. The molecule has 0 saturated carbocycles. The van der Waals surface area contributed by atoms with Crippen LogP contribution in [0.3, 0.4) is 0 Å². The number of fused-ring (bicyclic) bond motifs is 1. The quantitative estimate of drug-likeness (QED) is 0.635. The van der Waals surface area contributed by atoms with Gasteiger partial charge in [-0.15, -0.1) is 0 Å². The van der Waals surface area contributed by atoms with Crippen molar-refractivity contribution in [3.63, 3.8) is 0 Å². The molecule has 2 aromatic carbocycles. The Morgan fingerprint density at radius 1 is 1.10 bits per heavy atom. The fourth-order valence-electron chi connectivity index (χ4n) is 3.09. The van der Waals surface area contributed by atoms with E-state index in [0.717, 1.165) is 4.57 Å². The lowest BCUT2D eigenvalue weighted by Crippen LogP contribution is -2.41. The number of hydrogen-bond donors (Lipinski definition) is 1. The molecule has 0 unspecified atom stereocenters. The molecule has 0 aliphatic carbocycles. The van der Waals surface area contributed by atoms with E-state index in [-0.39, 0.29) is 30.3 Å². The maximum absolute atomic E-state index is 12.7. The van der Waals surface area contributed by atoms with Crippen LogP contribution in [-0.2, 0) is 17.9 Å². The van der Waals surface area contributed by atoms with Gasteiger partial charge in [-0.3, -0.25) is 18.7 Å². The number of para-hydroxylation sites is 1. The minimum Gasteiger partial charge on any atom is -0.493 e. The number of nitrogens with one attached hydrogen (secondary N) is 1. The molecule has 0 saturated heterocycles. The summed E-state index contributed by atoms with van der Waals surface area (Å²) in [5, 5.41) is 2.84. The molecule has 30 heavy (non-hydrogen) atoms. The molecule has 8 nitrogen and oxygen atoms in total. The molecule has 1 heterocycles. The van der Waals surface area contributed by atoms with Gasteiger partial charge in [0.05, 0.1) is 18.0 Å². The lowest BCUT2D eigenvalue weighted by atomic mass is 10.2. The second-order valence-electron chi connectivity index (χ2n) is 6.23. The highest BCUT2D eigenvalue weighted by molar-refractivity contribution is 5.92. The highest BCUT2D eigenvalue weighted by Crippen LogP contribution is 2.31. The average Bonchev–Trinajstić information content (AvgIpc) is 2.71. The van der Waals surface area contributed by atoms with Gasteiger partial charge in [0.1, 0.15) is 6.54 Å². The number of alkyl halides is 2. The van der Waals surface area contributed by atoms with E-state index in [1.165, 1.54) is 29.9 Å². The molecular formula is C20H19F2N3O5. The average molecular weight is 419 g/mol. The standard InChI is InChI=1S/C20H19F2N3O5/c1-3-24-18(27)13-6-4-5-7-14(13)25(20(24)28)11-17(26)23-12-8-9-15(29-2)16(10-12)30-19(21)22/h4-10,19H,3,11H2,1-2H3,(H,23,26). The smallest absolute Gasteiger partial charge is 0.387 e. The second-order valence-corrected chi connectivity index (χ2v) is 6.23. The first-order chi connectivity index (χ1) is 14.3. The molecular weight excluding hydrogens is 400 g/mol. The number of amides is 1. The third kappa shape index (κ3) is 4.17. The Bertz CT molecular complexity index is 1200. The number of carbonyl (C=O) groups is 1. The van der Waals surface area contributed by atoms with Crippen molar-refractivity contribution >= 4 is 22.5 Å². The number of hydrogen-bond acceptors (Lipinski definition) is 5. The van der Waals surface area contributed by atoms with Crippen LogP contribution in [0.5, 0.6) is 11.5 Å². The normalized spacial score (nSPS) is 11.0. The minimum atomic E-state index is -3.06. The monoisotopic (exact) mass is 419 g/mol. The zero-order chi connectivity index (χ0) is 21.8. The van der Waals surface area contributed by atoms with Crippen molar-refractivity contribution in [2.75, 3.05) is 12.4 Å². The molecule has 1 amide bonds. The van der Waals surface area contributed by atoms with Gasteiger partial charge in [0.2, 0.25) is 5.91 Å². The van der Waals surface area contributed by atoms with E-state index < -0.39 is 23.8 Å². The van der Waals surface area contributed by atoms with Gasteiger partial charge in [-0.1, -0.05) is 12.1 Å². The van der Waals surface area contributed by atoms with Crippen molar-refractivity contribution < 1.29 is 23.0 Å². The fraction of sp³-hybridized carbons (Fsp3) is 0.250. The van der Waals surface area contributed by atoms with E-state index in [2.05, 4.69) is 10.1 Å². The third-order valence-electron chi connectivity index (χ3n) is 4.41. The number of nitrogens with zero attached hydrogens (tertiary/aromatic N) is 2. The van der Waals surface area contributed by atoms with Crippen LogP contribution < -0.4 is 26.0 Å². The molecule has 1 N–H and O–H groups in total. The Morgan fingerprint density at radius 2 is 1.83 bits per heavy atom. The van der Waals surface area contributed by atoms with Crippen molar-refractivity contribution in [3.8, 4) is 11.5 Å². The number of carbonyl (C=O) groups excluding carboxylic acids is 1. The number of benzene rings is 2. The van der Waals surface area contributed by atoms with Crippen LogP contribution in [0.1, 0.15) is 6.92 Å². The van der Waals surface area contributed by atoms with Crippen LogP contribution in [0, 0.1) is 0 Å². The maximum atomic E-state index is 12.7. The van der Waals surface area contributed by atoms with Crippen molar-refractivity contribution in [3.05, 3.63) is 63.3 Å². The van der Waals surface area contributed by atoms with Crippen molar-refractivity contribution in [2.24, 2.45) is 0 Å². The van der Waals surface area contributed by atoms with E-state index in [1.807, 2.05) is 0 Å². The molecule has 10 heteroatoms. The molecule has 0 radical (unpaired) electrons. The molecule has 3 rings (SSSR count).